The largest absolute Gasteiger partial charge is 0.418 e. The Balaban J connectivity index is 3.42. The lowest BCUT2D eigenvalue weighted by Gasteiger charge is -2.17. The van der Waals surface area contributed by atoms with Crippen molar-refractivity contribution in [3.63, 3.8) is 0 Å². The zero-order valence-corrected chi connectivity index (χ0v) is 9.00. The fraction of sp³-hybridized carbons (Fsp3) is 0.455. The molecule has 0 saturated carbocycles. The van der Waals surface area contributed by atoms with Crippen LogP contribution in [0.5, 0.6) is 0 Å². The summed E-state index contributed by atoms with van der Waals surface area (Å²) in [4.78, 5) is 0. The highest BCUT2D eigenvalue weighted by Gasteiger charge is 2.34. The van der Waals surface area contributed by atoms with Gasteiger partial charge in [-0.1, -0.05) is 18.6 Å². The Bertz CT molecular complexity index is 356. The predicted molar refractivity (Wildman–Crippen MR) is 55.1 cm³/mol. The third-order valence-electron chi connectivity index (χ3n) is 2.30. The monoisotopic (exact) mass is 217 g/mol. The smallest absolute Gasteiger partial charge is 0.387 e. The fourth-order valence-corrected chi connectivity index (χ4v) is 1.66. The van der Waals surface area contributed by atoms with Crippen LogP contribution in [-0.2, 0) is 12.6 Å². The predicted octanol–water partition coefficient (Wildman–Crippen LogP) is 3.62. The second-order valence-corrected chi connectivity index (χ2v) is 3.45. The third kappa shape index (κ3) is 2.43. The molecule has 1 nitrogen and oxygen atoms in total. The third-order valence-corrected chi connectivity index (χ3v) is 2.30. The molecule has 0 fully saturated rings. The summed E-state index contributed by atoms with van der Waals surface area (Å²) in [5.74, 6) is 0. The molecule has 0 spiro atoms. The van der Waals surface area contributed by atoms with Gasteiger partial charge in [-0.25, -0.2) is 0 Å². The van der Waals surface area contributed by atoms with E-state index >= 15 is 0 Å². The maximum atomic E-state index is 12.7. The molecule has 0 atom stereocenters. The van der Waals surface area contributed by atoms with Crippen molar-refractivity contribution in [1.29, 1.82) is 0 Å². The van der Waals surface area contributed by atoms with Gasteiger partial charge in [0.15, 0.2) is 0 Å². The van der Waals surface area contributed by atoms with Gasteiger partial charge in [-0.05, 0) is 25.0 Å². The summed E-state index contributed by atoms with van der Waals surface area (Å²) in [6, 6.07) is 2.95. The van der Waals surface area contributed by atoms with Crippen molar-refractivity contribution < 1.29 is 13.2 Å². The van der Waals surface area contributed by atoms with E-state index in [-0.39, 0.29) is 5.69 Å². The van der Waals surface area contributed by atoms with Crippen molar-refractivity contribution in [2.24, 2.45) is 0 Å². The molecular weight excluding hydrogens is 203 g/mol. The molecule has 0 unspecified atom stereocenters. The second-order valence-electron chi connectivity index (χ2n) is 3.45. The minimum atomic E-state index is -4.30. The van der Waals surface area contributed by atoms with Gasteiger partial charge >= 0.3 is 6.18 Å². The number of alkyl halides is 3. The molecule has 1 rings (SSSR count). The Morgan fingerprint density at radius 2 is 1.87 bits per heavy atom. The lowest BCUT2D eigenvalue weighted by molar-refractivity contribution is -0.137. The van der Waals surface area contributed by atoms with Crippen LogP contribution in [0.4, 0.5) is 18.9 Å². The molecule has 0 aliphatic heterocycles. The maximum absolute atomic E-state index is 12.7. The van der Waals surface area contributed by atoms with Gasteiger partial charge in [0.2, 0.25) is 0 Å². The van der Waals surface area contributed by atoms with Gasteiger partial charge in [0.05, 0.1) is 5.56 Å². The lowest BCUT2D eigenvalue weighted by atomic mass is 10.0. The van der Waals surface area contributed by atoms with Crippen LogP contribution in [0.25, 0.3) is 0 Å². The van der Waals surface area contributed by atoms with E-state index in [4.69, 9.17) is 0 Å². The van der Waals surface area contributed by atoms with Crippen molar-refractivity contribution in [3.8, 4) is 0 Å². The molecule has 0 saturated heterocycles. The quantitative estimate of drug-likeness (QED) is 0.797. The Kier molecular flexibility index (Phi) is 3.27. The number of hydrogen-bond donors (Lipinski definition) is 1. The van der Waals surface area contributed by atoms with Crippen LogP contribution in [0.2, 0.25) is 0 Å². The first-order valence-electron chi connectivity index (χ1n) is 4.78. The molecule has 15 heavy (non-hydrogen) atoms. The van der Waals surface area contributed by atoms with Gasteiger partial charge in [-0.3, -0.25) is 0 Å². The highest BCUT2D eigenvalue weighted by atomic mass is 19.4. The van der Waals surface area contributed by atoms with Gasteiger partial charge in [0.25, 0.3) is 0 Å². The SMILES string of the molecule is CCc1cc(C)cc(C(F)(F)F)c1NC. The van der Waals surface area contributed by atoms with Gasteiger partial charge in [-0.15, -0.1) is 0 Å². The van der Waals surface area contributed by atoms with Crippen LogP contribution in [-0.4, -0.2) is 7.05 Å². The standard InChI is InChI=1S/C11H14F3N/c1-4-8-5-7(2)6-9(10(8)15-3)11(12,13)14/h5-6,15H,4H2,1-3H3. The second kappa shape index (κ2) is 4.13. The van der Waals surface area contributed by atoms with Gasteiger partial charge in [0.1, 0.15) is 0 Å². The molecular formula is C11H14F3N. The molecule has 1 N–H and O–H groups in total. The molecule has 0 aliphatic carbocycles. The van der Waals surface area contributed by atoms with E-state index in [1.807, 2.05) is 6.92 Å². The number of hydrogen-bond acceptors (Lipinski definition) is 1. The number of aryl methyl sites for hydroxylation is 2. The molecule has 4 heteroatoms. The normalized spacial score (nSPS) is 11.6. The van der Waals surface area contributed by atoms with Crippen LogP contribution >= 0.6 is 0 Å². The number of halogens is 3. The van der Waals surface area contributed by atoms with Gasteiger partial charge in [0, 0.05) is 12.7 Å². The molecule has 1 aromatic rings. The Labute approximate surface area is 87.3 Å². The van der Waals surface area contributed by atoms with Crippen molar-refractivity contribution in [2.75, 3.05) is 12.4 Å². The summed E-state index contributed by atoms with van der Waals surface area (Å²) >= 11 is 0. The van der Waals surface area contributed by atoms with E-state index in [0.29, 0.717) is 17.5 Å². The Morgan fingerprint density at radius 3 is 2.27 bits per heavy atom. The molecule has 0 amide bonds. The first-order valence-corrected chi connectivity index (χ1v) is 4.78. The molecule has 0 aromatic heterocycles. The van der Waals surface area contributed by atoms with Crippen LogP contribution < -0.4 is 5.32 Å². The summed E-state index contributed by atoms with van der Waals surface area (Å²) in [6.45, 7) is 3.52. The average molecular weight is 217 g/mol. The van der Waals surface area contributed by atoms with Crippen molar-refractivity contribution in [3.05, 3.63) is 28.8 Å². The van der Waals surface area contributed by atoms with E-state index in [0.717, 1.165) is 0 Å². The van der Waals surface area contributed by atoms with E-state index in [1.54, 1.807) is 13.0 Å². The van der Waals surface area contributed by atoms with Crippen LogP contribution in [0.15, 0.2) is 12.1 Å². The average Bonchev–Trinajstić information content (AvgIpc) is 2.15. The van der Waals surface area contributed by atoms with E-state index in [9.17, 15) is 13.2 Å². The zero-order chi connectivity index (χ0) is 11.6. The van der Waals surface area contributed by atoms with Gasteiger partial charge < -0.3 is 5.32 Å². The Hall–Kier alpha value is -1.19. The topological polar surface area (TPSA) is 12.0 Å². The zero-order valence-electron chi connectivity index (χ0n) is 9.00. The molecule has 84 valence electrons. The van der Waals surface area contributed by atoms with E-state index in [2.05, 4.69) is 5.32 Å². The molecule has 1 aromatic carbocycles. The van der Waals surface area contributed by atoms with E-state index in [1.165, 1.54) is 13.1 Å². The van der Waals surface area contributed by atoms with Crippen molar-refractivity contribution in [2.45, 2.75) is 26.4 Å². The maximum Gasteiger partial charge on any atom is 0.418 e. The first kappa shape index (κ1) is 11.9. The molecule has 0 bridgehead atoms. The highest BCUT2D eigenvalue weighted by molar-refractivity contribution is 5.60. The molecule has 0 heterocycles. The Morgan fingerprint density at radius 1 is 1.27 bits per heavy atom. The summed E-state index contributed by atoms with van der Waals surface area (Å²) < 4.78 is 38.1. The molecule has 0 radical (unpaired) electrons. The summed E-state index contributed by atoms with van der Waals surface area (Å²) in [7, 11) is 1.51. The van der Waals surface area contributed by atoms with Crippen molar-refractivity contribution in [1.82, 2.24) is 0 Å². The number of benzene rings is 1. The van der Waals surface area contributed by atoms with Crippen molar-refractivity contribution >= 4 is 5.69 Å². The summed E-state index contributed by atoms with van der Waals surface area (Å²) in [5.41, 5.74) is 0.945. The number of rotatable bonds is 2. The minimum Gasteiger partial charge on any atom is -0.387 e. The van der Waals surface area contributed by atoms with E-state index < -0.39 is 11.7 Å². The number of nitrogens with one attached hydrogen (secondary N) is 1. The summed E-state index contributed by atoms with van der Waals surface area (Å²) in [6.07, 6.45) is -3.71. The summed E-state index contributed by atoms with van der Waals surface area (Å²) in [5, 5.41) is 2.63. The van der Waals surface area contributed by atoms with Crippen LogP contribution in [0, 0.1) is 6.92 Å². The fourth-order valence-electron chi connectivity index (χ4n) is 1.66. The van der Waals surface area contributed by atoms with Gasteiger partial charge in [-0.2, -0.15) is 13.2 Å². The lowest BCUT2D eigenvalue weighted by Crippen LogP contribution is -2.11. The van der Waals surface area contributed by atoms with Crippen LogP contribution in [0.1, 0.15) is 23.6 Å². The molecule has 0 aliphatic rings. The highest BCUT2D eigenvalue weighted by Crippen LogP contribution is 2.37. The number of anilines is 1. The first-order chi connectivity index (χ1) is 6.90. The van der Waals surface area contributed by atoms with Crippen LogP contribution in [0.3, 0.4) is 0 Å². The minimum absolute atomic E-state index is 0.190.